The van der Waals surface area contributed by atoms with E-state index < -0.39 is 16.1 Å². The first kappa shape index (κ1) is 27.7. The second-order valence-electron chi connectivity index (χ2n) is 8.18. The highest BCUT2D eigenvalue weighted by Gasteiger charge is 2.35. The number of non-ortho nitro benzene ring substituents is 1. The fourth-order valence-corrected chi connectivity index (χ4v) is 4.63. The maximum absolute atomic E-state index is 12.9. The molecule has 0 bridgehead atoms. The first-order chi connectivity index (χ1) is 18.7. The molecule has 1 fully saturated rings. The number of benzene rings is 3. The van der Waals surface area contributed by atoms with Gasteiger partial charge < -0.3 is 14.8 Å². The van der Waals surface area contributed by atoms with Crippen LogP contribution in [-0.4, -0.2) is 40.1 Å². The Balaban J connectivity index is 1.43. The molecule has 39 heavy (non-hydrogen) atoms. The first-order valence-corrected chi connectivity index (χ1v) is 12.9. The first-order valence-electron chi connectivity index (χ1n) is 11.7. The van der Waals surface area contributed by atoms with Gasteiger partial charge in [-0.05, 0) is 66.2 Å². The average molecular weight is 568 g/mol. The van der Waals surface area contributed by atoms with E-state index in [-0.39, 0.29) is 29.7 Å². The molecule has 1 aliphatic rings. The monoisotopic (exact) mass is 567 g/mol. The highest BCUT2D eigenvalue weighted by atomic mass is 35.5. The summed E-state index contributed by atoms with van der Waals surface area (Å²) < 4.78 is 11.3. The van der Waals surface area contributed by atoms with Crippen molar-refractivity contribution in [3.8, 4) is 11.5 Å². The van der Waals surface area contributed by atoms with Crippen LogP contribution >= 0.6 is 23.4 Å². The normalized spacial score (nSPS) is 14.0. The van der Waals surface area contributed by atoms with Crippen LogP contribution < -0.4 is 14.8 Å². The minimum atomic E-state index is -0.519. The van der Waals surface area contributed by atoms with Gasteiger partial charge in [0.15, 0.2) is 18.1 Å². The maximum Gasteiger partial charge on any atom is 0.293 e. The van der Waals surface area contributed by atoms with Gasteiger partial charge in [0.25, 0.3) is 22.7 Å². The number of amides is 3. The summed E-state index contributed by atoms with van der Waals surface area (Å²) in [7, 11) is 0. The lowest BCUT2D eigenvalue weighted by atomic mass is 10.1. The van der Waals surface area contributed by atoms with Crippen LogP contribution in [0.5, 0.6) is 11.5 Å². The number of halogens is 1. The Morgan fingerprint density at radius 2 is 1.85 bits per heavy atom. The molecule has 1 saturated heterocycles. The lowest BCUT2D eigenvalue weighted by Crippen LogP contribution is -2.27. The highest BCUT2D eigenvalue weighted by molar-refractivity contribution is 8.18. The summed E-state index contributed by atoms with van der Waals surface area (Å²) in [4.78, 5) is 49.4. The Kier molecular flexibility index (Phi) is 8.84. The van der Waals surface area contributed by atoms with Gasteiger partial charge in [-0.15, -0.1) is 0 Å². The van der Waals surface area contributed by atoms with E-state index in [4.69, 9.17) is 21.1 Å². The molecule has 3 aromatic rings. The van der Waals surface area contributed by atoms with Crippen molar-refractivity contribution in [1.82, 2.24) is 4.90 Å². The fraction of sp³-hybridized carbons (Fsp3) is 0.148. The number of carbonyl (C=O) groups excluding carboxylic acids is 3. The summed E-state index contributed by atoms with van der Waals surface area (Å²) in [5, 5.41) is 13.6. The SMILES string of the molecule is CCOc1cc(C=C2SC(=O)N(Cc3ccc([N+](=O)[O-])cc3)C2=O)ccc1OCC(=O)Nc1cccc(Cl)c1. The molecule has 0 spiro atoms. The number of thioether (sulfide) groups is 1. The van der Waals surface area contributed by atoms with Crippen molar-refractivity contribution in [3.05, 3.63) is 97.9 Å². The zero-order valence-electron chi connectivity index (χ0n) is 20.6. The van der Waals surface area contributed by atoms with E-state index in [1.165, 1.54) is 24.3 Å². The van der Waals surface area contributed by atoms with E-state index in [1.807, 2.05) is 0 Å². The van der Waals surface area contributed by atoms with Gasteiger partial charge in [-0.3, -0.25) is 29.4 Å². The lowest BCUT2D eigenvalue weighted by Gasteiger charge is -2.13. The molecule has 10 nitrogen and oxygen atoms in total. The smallest absolute Gasteiger partial charge is 0.293 e. The van der Waals surface area contributed by atoms with E-state index in [2.05, 4.69) is 5.32 Å². The van der Waals surface area contributed by atoms with Crippen molar-refractivity contribution in [1.29, 1.82) is 0 Å². The summed E-state index contributed by atoms with van der Waals surface area (Å²) in [6.07, 6.45) is 1.57. The van der Waals surface area contributed by atoms with Gasteiger partial charge in [0.1, 0.15) is 0 Å². The molecule has 0 saturated carbocycles. The van der Waals surface area contributed by atoms with Gasteiger partial charge in [-0.25, -0.2) is 0 Å². The zero-order chi connectivity index (χ0) is 27.9. The molecule has 0 unspecified atom stereocenters. The van der Waals surface area contributed by atoms with Crippen molar-refractivity contribution in [2.45, 2.75) is 13.5 Å². The summed E-state index contributed by atoms with van der Waals surface area (Å²) in [5.74, 6) is -0.154. The Hall–Kier alpha value is -4.35. The number of carbonyl (C=O) groups is 3. The second kappa shape index (κ2) is 12.5. The molecular formula is C27H22ClN3O7S. The Morgan fingerprint density at radius 1 is 1.08 bits per heavy atom. The van der Waals surface area contributed by atoms with Crippen LogP contribution in [0.3, 0.4) is 0 Å². The molecule has 0 aliphatic carbocycles. The molecule has 12 heteroatoms. The molecule has 4 rings (SSSR count). The second-order valence-corrected chi connectivity index (χ2v) is 9.61. The maximum atomic E-state index is 12.9. The summed E-state index contributed by atoms with van der Waals surface area (Å²) >= 11 is 6.74. The van der Waals surface area contributed by atoms with E-state index >= 15 is 0 Å². The zero-order valence-corrected chi connectivity index (χ0v) is 22.2. The number of nitrogens with one attached hydrogen (secondary N) is 1. The predicted molar refractivity (Wildman–Crippen MR) is 148 cm³/mol. The molecule has 1 heterocycles. The largest absolute Gasteiger partial charge is 0.490 e. The van der Waals surface area contributed by atoms with Gasteiger partial charge in [0, 0.05) is 22.8 Å². The number of hydrogen-bond donors (Lipinski definition) is 1. The minimum absolute atomic E-state index is 0.00573. The summed E-state index contributed by atoms with van der Waals surface area (Å²) in [6, 6.07) is 17.3. The molecule has 0 radical (unpaired) electrons. The van der Waals surface area contributed by atoms with Crippen LogP contribution in [0.15, 0.2) is 71.6 Å². The van der Waals surface area contributed by atoms with Gasteiger partial charge in [-0.1, -0.05) is 35.9 Å². The topological polar surface area (TPSA) is 128 Å². The van der Waals surface area contributed by atoms with Crippen LogP contribution in [0, 0.1) is 10.1 Å². The van der Waals surface area contributed by atoms with Gasteiger partial charge in [-0.2, -0.15) is 0 Å². The van der Waals surface area contributed by atoms with Crippen molar-refractivity contribution >= 4 is 57.9 Å². The van der Waals surface area contributed by atoms with Crippen molar-refractivity contribution in [2.24, 2.45) is 0 Å². The van der Waals surface area contributed by atoms with Crippen LogP contribution in [0.2, 0.25) is 5.02 Å². The van der Waals surface area contributed by atoms with Crippen LogP contribution in [0.25, 0.3) is 6.08 Å². The van der Waals surface area contributed by atoms with E-state index in [9.17, 15) is 24.5 Å². The quantitative estimate of drug-likeness (QED) is 0.182. The van der Waals surface area contributed by atoms with Gasteiger partial charge in [0.05, 0.1) is 23.0 Å². The average Bonchev–Trinajstić information content (AvgIpc) is 3.16. The molecule has 1 aliphatic heterocycles. The van der Waals surface area contributed by atoms with E-state index in [1.54, 1.807) is 55.5 Å². The highest BCUT2D eigenvalue weighted by Crippen LogP contribution is 2.35. The van der Waals surface area contributed by atoms with Crippen molar-refractivity contribution in [2.75, 3.05) is 18.5 Å². The van der Waals surface area contributed by atoms with Crippen LogP contribution in [0.4, 0.5) is 16.2 Å². The summed E-state index contributed by atoms with van der Waals surface area (Å²) in [6.45, 7) is 1.85. The number of nitro groups is 1. The number of hydrogen-bond acceptors (Lipinski definition) is 8. The predicted octanol–water partition coefficient (Wildman–Crippen LogP) is 5.90. The van der Waals surface area contributed by atoms with Crippen molar-refractivity contribution < 1.29 is 28.8 Å². The lowest BCUT2D eigenvalue weighted by molar-refractivity contribution is -0.384. The number of rotatable bonds is 10. The molecule has 3 amide bonds. The van der Waals surface area contributed by atoms with Gasteiger partial charge in [0.2, 0.25) is 0 Å². The Labute approximate surface area is 232 Å². The molecule has 200 valence electrons. The minimum Gasteiger partial charge on any atom is -0.490 e. The van der Waals surface area contributed by atoms with E-state index in [0.717, 1.165) is 16.7 Å². The molecule has 3 aromatic carbocycles. The summed E-state index contributed by atoms with van der Waals surface area (Å²) in [5.41, 5.74) is 1.64. The number of ether oxygens (including phenoxy) is 2. The Morgan fingerprint density at radius 3 is 2.54 bits per heavy atom. The number of imide groups is 1. The van der Waals surface area contributed by atoms with Crippen LogP contribution in [0.1, 0.15) is 18.1 Å². The van der Waals surface area contributed by atoms with E-state index in [0.29, 0.717) is 39.9 Å². The Bertz CT molecular complexity index is 1460. The standard InChI is InChI=1S/C27H22ClN3O7S/c1-2-37-23-12-18(8-11-22(23)38-16-25(32)29-20-5-3-4-19(28)14-20)13-24-26(33)30(27(34)39-24)15-17-6-9-21(10-7-17)31(35)36/h3-14H,2,15-16H2,1H3,(H,29,32). The third-order valence-corrected chi connectivity index (χ3v) is 6.54. The fourth-order valence-electron chi connectivity index (χ4n) is 3.60. The van der Waals surface area contributed by atoms with Crippen LogP contribution in [-0.2, 0) is 16.1 Å². The molecule has 0 atom stereocenters. The number of anilines is 1. The third-order valence-electron chi connectivity index (χ3n) is 5.39. The van der Waals surface area contributed by atoms with Gasteiger partial charge >= 0.3 is 0 Å². The molecular weight excluding hydrogens is 546 g/mol. The molecule has 1 N–H and O–H groups in total. The number of nitro benzene ring substituents is 1. The number of nitrogens with zero attached hydrogens (tertiary/aromatic N) is 2. The molecule has 0 aromatic heterocycles. The van der Waals surface area contributed by atoms with Crippen molar-refractivity contribution in [3.63, 3.8) is 0 Å². The third kappa shape index (κ3) is 7.15.